The SMILES string of the molecule is CC(C)(C)OC(=O)N[C@H]1CCCCC/C=C\[C@@H]2C[C@@]2(C(=O)NS(=O)(=O)C2CC2)NC(=O)[C@@H]2C[C@@H](Oc3nc4cc(F)ccc4nc3C(C)(F)F)CN2C1=O. The summed E-state index contributed by atoms with van der Waals surface area (Å²) < 4.78 is 83.0. The smallest absolute Gasteiger partial charge is 0.408 e. The average Bonchev–Trinajstić information content (AvgIpc) is 3.98. The Kier molecular flexibility index (Phi) is 10.6. The van der Waals surface area contributed by atoms with Gasteiger partial charge in [-0.15, -0.1) is 0 Å². The Morgan fingerprint density at radius 1 is 1.04 bits per heavy atom. The highest BCUT2D eigenvalue weighted by Crippen LogP contribution is 2.46. The Balaban J connectivity index is 1.34. The number of nitrogens with one attached hydrogen (secondary N) is 3. The van der Waals surface area contributed by atoms with Gasteiger partial charge in [0.25, 0.3) is 11.8 Å². The number of rotatable bonds is 7. The van der Waals surface area contributed by atoms with Gasteiger partial charge in [0.15, 0.2) is 5.69 Å². The van der Waals surface area contributed by atoms with Gasteiger partial charge < -0.3 is 25.0 Å². The second-order valence-corrected chi connectivity index (χ2v) is 17.6. The summed E-state index contributed by atoms with van der Waals surface area (Å²) in [6, 6.07) is 0.735. The summed E-state index contributed by atoms with van der Waals surface area (Å²) in [6.45, 7) is 5.24. The molecule has 54 heavy (non-hydrogen) atoms. The molecule has 0 bridgehead atoms. The maximum absolute atomic E-state index is 14.9. The largest absolute Gasteiger partial charge is 0.471 e. The lowest BCUT2D eigenvalue weighted by Crippen LogP contribution is -2.58. The van der Waals surface area contributed by atoms with E-state index in [9.17, 15) is 40.8 Å². The molecule has 1 aromatic carbocycles. The highest BCUT2D eigenvalue weighted by molar-refractivity contribution is 7.91. The molecule has 0 radical (unpaired) electrons. The molecule has 4 aliphatic rings. The molecule has 2 aliphatic carbocycles. The summed E-state index contributed by atoms with van der Waals surface area (Å²) in [5.41, 5.74) is -3.44. The highest BCUT2D eigenvalue weighted by atomic mass is 32.2. The van der Waals surface area contributed by atoms with Gasteiger partial charge in [-0.1, -0.05) is 25.0 Å². The summed E-state index contributed by atoms with van der Waals surface area (Å²) in [6.07, 6.45) is 4.98. The van der Waals surface area contributed by atoms with Crippen molar-refractivity contribution in [1.82, 2.24) is 30.2 Å². The Morgan fingerprint density at radius 3 is 2.46 bits per heavy atom. The molecule has 3 heterocycles. The molecule has 3 N–H and O–H groups in total. The van der Waals surface area contributed by atoms with Gasteiger partial charge in [-0.3, -0.25) is 19.1 Å². The van der Waals surface area contributed by atoms with E-state index in [1.54, 1.807) is 26.8 Å². The zero-order valence-electron chi connectivity index (χ0n) is 30.5. The quantitative estimate of drug-likeness (QED) is 0.346. The van der Waals surface area contributed by atoms with E-state index >= 15 is 0 Å². The first-order valence-electron chi connectivity index (χ1n) is 18.1. The monoisotopic (exact) mass is 778 g/mol. The van der Waals surface area contributed by atoms with Crippen LogP contribution in [0.5, 0.6) is 5.88 Å². The van der Waals surface area contributed by atoms with Gasteiger partial charge in [-0.25, -0.2) is 27.6 Å². The molecule has 2 saturated carbocycles. The maximum Gasteiger partial charge on any atom is 0.408 e. The molecule has 1 saturated heterocycles. The molecule has 14 nitrogen and oxygen atoms in total. The number of ether oxygens (including phenoxy) is 2. The van der Waals surface area contributed by atoms with Crippen LogP contribution in [-0.4, -0.2) is 88.2 Å². The number of carbonyl (C=O) groups is 4. The number of halogens is 3. The number of fused-ring (bicyclic) bond motifs is 3. The van der Waals surface area contributed by atoms with Crippen LogP contribution < -0.4 is 20.1 Å². The maximum atomic E-state index is 14.9. The van der Waals surface area contributed by atoms with Gasteiger partial charge in [-0.2, -0.15) is 8.78 Å². The minimum absolute atomic E-state index is 0.00900. The fourth-order valence-electron chi connectivity index (χ4n) is 6.83. The first-order chi connectivity index (χ1) is 25.3. The van der Waals surface area contributed by atoms with Crippen LogP contribution in [0.2, 0.25) is 0 Å². The van der Waals surface area contributed by atoms with Crippen molar-refractivity contribution in [2.24, 2.45) is 5.92 Å². The molecule has 2 aromatic rings. The van der Waals surface area contributed by atoms with Gasteiger partial charge in [-0.05, 0) is 71.4 Å². The van der Waals surface area contributed by atoms with E-state index in [1.807, 2.05) is 6.08 Å². The van der Waals surface area contributed by atoms with Crippen molar-refractivity contribution in [2.45, 2.75) is 126 Å². The normalized spacial score (nSPS) is 27.4. The van der Waals surface area contributed by atoms with Crippen molar-refractivity contribution in [3.63, 3.8) is 0 Å². The van der Waals surface area contributed by atoms with Gasteiger partial charge in [0.2, 0.25) is 27.7 Å². The second-order valence-electron chi connectivity index (χ2n) is 15.6. The van der Waals surface area contributed by atoms with Crippen molar-refractivity contribution in [1.29, 1.82) is 0 Å². The Morgan fingerprint density at radius 2 is 1.78 bits per heavy atom. The van der Waals surface area contributed by atoms with E-state index in [1.165, 1.54) is 6.07 Å². The molecule has 294 valence electrons. The first kappa shape index (κ1) is 39.2. The van der Waals surface area contributed by atoms with Crippen LogP contribution in [0, 0.1) is 11.7 Å². The summed E-state index contributed by atoms with van der Waals surface area (Å²) in [4.78, 5) is 64.5. The van der Waals surface area contributed by atoms with Crippen LogP contribution >= 0.6 is 0 Å². The van der Waals surface area contributed by atoms with E-state index in [0.29, 0.717) is 45.4 Å². The molecule has 4 amide bonds. The lowest BCUT2D eigenvalue weighted by molar-refractivity contribution is -0.141. The number of carbonyl (C=O) groups excluding carboxylic acids is 4. The van der Waals surface area contributed by atoms with Gasteiger partial charge in [0, 0.05) is 25.3 Å². The van der Waals surface area contributed by atoms with E-state index in [-0.39, 0.29) is 36.8 Å². The predicted molar refractivity (Wildman–Crippen MR) is 188 cm³/mol. The van der Waals surface area contributed by atoms with Crippen LogP contribution in [0.4, 0.5) is 18.0 Å². The number of amides is 4. The summed E-state index contributed by atoms with van der Waals surface area (Å²) in [5.74, 6) is -7.81. The standard InChI is InChI=1S/C36H45F3N6O8S/c1-34(2,3)53-33(49)42-25-11-9-7-5-6-8-10-20-18-36(20,32(48)44-54(50,51)23-13-14-23)43-29(46)27-17-22(19-45(27)31(25)47)52-30-28(35(4,38)39)40-24-15-12-21(37)16-26(24)41-30/h8,10,12,15-16,20,22-23,25,27H,5-7,9,11,13-14,17-19H2,1-4H3,(H,42,49)(H,43,46)(H,44,48)/b10-8-/t20-,22-,25+,27+,36-/m1/s1. The molecular weight excluding hydrogens is 733 g/mol. The van der Waals surface area contributed by atoms with Crippen molar-refractivity contribution < 1.29 is 50.2 Å². The van der Waals surface area contributed by atoms with Gasteiger partial charge in [0.05, 0.1) is 22.8 Å². The number of allylic oxidation sites excluding steroid dienone is 1. The zero-order chi connectivity index (χ0) is 39.2. The number of hydrogen-bond donors (Lipinski definition) is 3. The molecule has 3 fully saturated rings. The zero-order valence-corrected chi connectivity index (χ0v) is 31.3. The minimum atomic E-state index is -3.98. The van der Waals surface area contributed by atoms with E-state index in [0.717, 1.165) is 17.0 Å². The third-order valence-electron chi connectivity index (χ3n) is 9.82. The summed E-state index contributed by atoms with van der Waals surface area (Å²) in [5, 5.41) is 4.65. The number of benzene rings is 1. The third-order valence-corrected chi connectivity index (χ3v) is 11.6. The molecule has 18 heteroatoms. The second kappa shape index (κ2) is 14.6. The number of hydrogen-bond acceptors (Lipinski definition) is 10. The topological polar surface area (TPSA) is 186 Å². The number of alkyl carbamates (subject to hydrolysis) is 1. The van der Waals surface area contributed by atoms with Crippen LogP contribution in [0.25, 0.3) is 11.0 Å². The highest BCUT2D eigenvalue weighted by Gasteiger charge is 2.62. The molecule has 0 spiro atoms. The van der Waals surface area contributed by atoms with E-state index < -0.39 is 97.6 Å². The fourth-order valence-corrected chi connectivity index (χ4v) is 8.20. The molecule has 0 unspecified atom stereocenters. The van der Waals surface area contributed by atoms with Crippen LogP contribution in [0.3, 0.4) is 0 Å². The minimum Gasteiger partial charge on any atom is -0.471 e. The van der Waals surface area contributed by atoms with E-state index in [4.69, 9.17) is 9.47 Å². The number of alkyl halides is 2. The lowest BCUT2D eigenvalue weighted by atomic mass is 10.0. The Labute approximate surface area is 311 Å². The molecule has 1 aromatic heterocycles. The van der Waals surface area contributed by atoms with Gasteiger partial charge >= 0.3 is 6.09 Å². The number of aromatic nitrogens is 2. The van der Waals surface area contributed by atoms with Crippen LogP contribution in [0.1, 0.15) is 91.2 Å². The molecule has 5 atom stereocenters. The van der Waals surface area contributed by atoms with Crippen molar-refractivity contribution in [3.05, 3.63) is 41.9 Å². The molecule has 2 aliphatic heterocycles. The molecular formula is C36H45F3N6O8S. The average molecular weight is 779 g/mol. The third kappa shape index (κ3) is 8.90. The van der Waals surface area contributed by atoms with Crippen molar-refractivity contribution in [2.75, 3.05) is 6.54 Å². The Bertz CT molecular complexity index is 1960. The fraction of sp³-hybridized carbons (Fsp3) is 0.611. The molecule has 6 rings (SSSR count). The Hall–Kier alpha value is -4.48. The van der Waals surface area contributed by atoms with Gasteiger partial charge in [0.1, 0.15) is 35.1 Å². The summed E-state index contributed by atoms with van der Waals surface area (Å²) in [7, 11) is -3.98. The first-order valence-corrected chi connectivity index (χ1v) is 19.7. The lowest BCUT2D eigenvalue weighted by Gasteiger charge is -2.30. The summed E-state index contributed by atoms with van der Waals surface area (Å²) >= 11 is 0. The number of sulfonamides is 1. The van der Waals surface area contributed by atoms with Crippen LogP contribution in [0.15, 0.2) is 30.4 Å². The van der Waals surface area contributed by atoms with Crippen molar-refractivity contribution >= 4 is 44.9 Å². The predicted octanol–water partition coefficient (Wildman–Crippen LogP) is 4.13. The van der Waals surface area contributed by atoms with Crippen molar-refractivity contribution in [3.8, 4) is 5.88 Å². The van der Waals surface area contributed by atoms with Crippen LogP contribution in [-0.2, 0) is 35.1 Å². The number of nitrogens with zero attached hydrogens (tertiary/aromatic N) is 3. The van der Waals surface area contributed by atoms with E-state index in [2.05, 4.69) is 25.3 Å².